The largest absolute Gasteiger partial charge is 0.293 e. The Morgan fingerprint density at radius 2 is 2.47 bits per heavy atom. The third kappa shape index (κ3) is 3.06. The van der Waals surface area contributed by atoms with Gasteiger partial charge in [0.2, 0.25) is 0 Å². The standard InChI is InChI=1S/C11H15NOS2/c1-9-6-11(15-7-9)10(13)2-3-12-4-5-14-8-12/h6-7H,2-5,8H2,1H3. The number of thioether (sulfide) groups is 1. The Labute approximate surface area is 98.7 Å². The number of hydrogen-bond donors (Lipinski definition) is 0. The van der Waals surface area contributed by atoms with Crippen molar-refractivity contribution in [1.29, 1.82) is 0 Å². The summed E-state index contributed by atoms with van der Waals surface area (Å²) in [5.74, 6) is 2.60. The van der Waals surface area contributed by atoms with E-state index in [2.05, 4.69) is 4.90 Å². The molecule has 0 spiro atoms. The van der Waals surface area contributed by atoms with Crippen LogP contribution in [0.25, 0.3) is 0 Å². The average Bonchev–Trinajstić information content (AvgIpc) is 2.84. The van der Waals surface area contributed by atoms with Gasteiger partial charge in [0.15, 0.2) is 5.78 Å². The molecule has 0 atom stereocenters. The zero-order chi connectivity index (χ0) is 10.7. The zero-order valence-electron chi connectivity index (χ0n) is 8.86. The molecule has 0 aliphatic carbocycles. The van der Waals surface area contributed by atoms with Crippen LogP contribution >= 0.6 is 23.1 Å². The van der Waals surface area contributed by atoms with E-state index in [-0.39, 0.29) is 0 Å². The fourth-order valence-electron chi connectivity index (χ4n) is 1.59. The molecular formula is C11H15NOS2. The maximum absolute atomic E-state index is 11.8. The average molecular weight is 241 g/mol. The quantitative estimate of drug-likeness (QED) is 0.756. The normalized spacial score (nSPS) is 17.1. The zero-order valence-corrected chi connectivity index (χ0v) is 10.5. The number of thiophene rings is 1. The molecule has 1 fully saturated rings. The molecule has 1 aromatic rings. The molecular weight excluding hydrogens is 226 g/mol. The molecule has 0 saturated carbocycles. The van der Waals surface area contributed by atoms with E-state index in [1.807, 2.05) is 30.1 Å². The van der Waals surface area contributed by atoms with Gasteiger partial charge in [-0.2, -0.15) is 0 Å². The van der Waals surface area contributed by atoms with Crippen LogP contribution < -0.4 is 0 Å². The molecule has 0 amide bonds. The minimum absolute atomic E-state index is 0.296. The first kappa shape index (κ1) is 11.2. The van der Waals surface area contributed by atoms with Gasteiger partial charge in [-0.15, -0.1) is 23.1 Å². The second kappa shape index (κ2) is 5.14. The van der Waals surface area contributed by atoms with Crippen LogP contribution in [-0.4, -0.2) is 35.4 Å². The summed E-state index contributed by atoms with van der Waals surface area (Å²) < 4.78 is 0. The SMILES string of the molecule is Cc1csc(C(=O)CCN2CCSC2)c1. The highest BCUT2D eigenvalue weighted by molar-refractivity contribution is 7.99. The summed E-state index contributed by atoms with van der Waals surface area (Å²) in [7, 11) is 0. The van der Waals surface area contributed by atoms with Gasteiger partial charge in [0.05, 0.1) is 4.88 Å². The number of hydrogen-bond acceptors (Lipinski definition) is 4. The van der Waals surface area contributed by atoms with Crippen LogP contribution in [0, 0.1) is 6.92 Å². The van der Waals surface area contributed by atoms with Crippen LogP contribution in [0.4, 0.5) is 0 Å². The van der Waals surface area contributed by atoms with Crippen LogP contribution in [-0.2, 0) is 0 Å². The van der Waals surface area contributed by atoms with Gasteiger partial charge in [-0.05, 0) is 23.9 Å². The van der Waals surface area contributed by atoms with Gasteiger partial charge in [-0.1, -0.05) is 0 Å². The predicted molar refractivity (Wildman–Crippen MR) is 66.9 cm³/mol. The molecule has 1 aromatic heterocycles. The van der Waals surface area contributed by atoms with Crippen LogP contribution in [0.15, 0.2) is 11.4 Å². The molecule has 0 radical (unpaired) electrons. The Morgan fingerprint density at radius 1 is 1.60 bits per heavy atom. The van der Waals surface area contributed by atoms with Crippen LogP contribution in [0.5, 0.6) is 0 Å². The van der Waals surface area contributed by atoms with Gasteiger partial charge in [0.25, 0.3) is 0 Å². The predicted octanol–water partition coefficient (Wildman–Crippen LogP) is 2.64. The number of ketones is 1. The minimum atomic E-state index is 0.296. The lowest BCUT2D eigenvalue weighted by Crippen LogP contribution is -2.22. The smallest absolute Gasteiger partial charge is 0.174 e. The molecule has 0 unspecified atom stereocenters. The summed E-state index contributed by atoms with van der Waals surface area (Å²) in [5, 5.41) is 2.04. The van der Waals surface area contributed by atoms with Gasteiger partial charge in [0, 0.05) is 31.1 Å². The molecule has 1 saturated heterocycles. The van der Waals surface area contributed by atoms with Gasteiger partial charge in [-0.3, -0.25) is 9.69 Å². The number of rotatable bonds is 4. The molecule has 0 bridgehead atoms. The highest BCUT2D eigenvalue weighted by Gasteiger charge is 2.14. The topological polar surface area (TPSA) is 20.3 Å². The number of carbonyl (C=O) groups excluding carboxylic acids is 1. The number of aryl methyl sites for hydroxylation is 1. The van der Waals surface area contributed by atoms with Gasteiger partial charge in [-0.25, -0.2) is 0 Å². The molecule has 0 aromatic carbocycles. The van der Waals surface area contributed by atoms with Gasteiger partial charge in [0.1, 0.15) is 0 Å². The van der Waals surface area contributed by atoms with E-state index in [0.29, 0.717) is 12.2 Å². The molecule has 4 heteroatoms. The Balaban J connectivity index is 1.81. The fourth-order valence-corrected chi connectivity index (χ4v) is 3.49. The second-order valence-corrected chi connectivity index (χ2v) is 5.80. The molecule has 15 heavy (non-hydrogen) atoms. The molecule has 2 heterocycles. The van der Waals surface area contributed by atoms with Crippen molar-refractivity contribution in [2.45, 2.75) is 13.3 Å². The monoisotopic (exact) mass is 241 g/mol. The van der Waals surface area contributed by atoms with Gasteiger partial charge < -0.3 is 0 Å². The van der Waals surface area contributed by atoms with Crippen LogP contribution in [0.2, 0.25) is 0 Å². The van der Waals surface area contributed by atoms with E-state index >= 15 is 0 Å². The lowest BCUT2D eigenvalue weighted by Gasteiger charge is -2.11. The molecule has 82 valence electrons. The van der Waals surface area contributed by atoms with E-state index in [9.17, 15) is 4.79 Å². The Hall–Kier alpha value is -0.320. The summed E-state index contributed by atoms with van der Waals surface area (Å²) in [5.41, 5.74) is 1.19. The molecule has 0 N–H and O–H groups in total. The van der Waals surface area contributed by atoms with E-state index in [1.165, 1.54) is 11.3 Å². The first-order valence-electron chi connectivity index (χ1n) is 5.14. The summed E-state index contributed by atoms with van der Waals surface area (Å²) >= 11 is 3.52. The number of Topliss-reactive ketones (excluding diaryl/α,β-unsaturated/α-hetero) is 1. The van der Waals surface area contributed by atoms with Crippen molar-refractivity contribution in [2.75, 3.05) is 24.7 Å². The fraction of sp³-hybridized carbons (Fsp3) is 0.545. The maximum Gasteiger partial charge on any atom is 0.174 e. The first-order valence-corrected chi connectivity index (χ1v) is 7.17. The van der Waals surface area contributed by atoms with Crippen molar-refractivity contribution in [3.8, 4) is 0 Å². The first-order chi connectivity index (χ1) is 7.25. The van der Waals surface area contributed by atoms with E-state index in [4.69, 9.17) is 0 Å². The Bertz CT molecular complexity index is 342. The van der Waals surface area contributed by atoms with Crippen molar-refractivity contribution in [3.63, 3.8) is 0 Å². The Kier molecular flexibility index (Phi) is 3.83. The number of nitrogens with zero attached hydrogens (tertiary/aromatic N) is 1. The summed E-state index contributed by atoms with van der Waals surface area (Å²) in [6.45, 7) is 4.09. The summed E-state index contributed by atoms with van der Waals surface area (Å²) in [4.78, 5) is 15.1. The highest BCUT2D eigenvalue weighted by Crippen LogP contribution is 2.17. The third-order valence-corrected chi connectivity index (χ3v) is 4.59. The summed E-state index contributed by atoms with van der Waals surface area (Å²) in [6, 6.07) is 1.99. The molecule has 2 nitrogen and oxygen atoms in total. The lowest BCUT2D eigenvalue weighted by molar-refractivity contribution is 0.0974. The molecule has 1 aliphatic heterocycles. The third-order valence-electron chi connectivity index (χ3n) is 2.49. The number of carbonyl (C=O) groups is 1. The molecule has 1 aliphatic rings. The van der Waals surface area contributed by atoms with Gasteiger partial charge >= 0.3 is 0 Å². The van der Waals surface area contributed by atoms with Crippen molar-refractivity contribution in [3.05, 3.63) is 21.9 Å². The maximum atomic E-state index is 11.8. The van der Waals surface area contributed by atoms with Crippen molar-refractivity contribution in [1.82, 2.24) is 4.90 Å². The Morgan fingerprint density at radius 3 is 3.07 bits per heavy atom. The van der Waals surface area contributed by atoms with Crippen LogP contribution in [0.1, 0.15) is 21.7 Å². The van der Waals surface area contributed by atoms with Crippen LogP contribution in [0.3, 0.4) is 0 Å². The second-order valence-electron chi connectivity index (χ2n) is 3.82. The lowest BCUT2D eigenvalue weighted by atomic mass is 10.2. The van der Waals surface area contributed by atoms with Crippen molar-refractivity contribution in [2.24, 2.45) is 0 Å². The molecule has 2 rings (SSSR count). The summed E-state index contributed by atoms with van der Waals surface area (Å²) in [6.07, 6.45) is 0.667. The van der Waals surface area contributed by atoms with Crippen molar-refractivity contribution < 1.29 is 4.79 Å². The van der Waals surface area contributed by atoms with E-state index < -0.39 is 0 Å². The van der Waals surface area contributed by atoms with E-state index in [1.54, 1.807) is 11.3 Å². The minimum Gasteiger partial charge on any atom is -0.293 e. The highest BCUT2D eigenvalue weighted by atomic mass is 32.2. The van der Waals surface area contributed by atoms with Crippen molar-refractivity contribution >= 4 is 28.9 Å². The van der Waals surface area contributed by atoms with E-state index in [0.717, 1.165) is 23.8 Å².